The number of hydroxylamine groups is 1. The van der Waals surface area contributed by atoms with Crippen molar-refractivity contribution >= 4 is 23.2 Å². The third-order valence-electron chi connectivity index (χ3n) is 2.66. The van der Waals surface area contributed by atoms with Crippen LogP contribution >= 0.6 is 0 Å². The molecule has 0 spiro atoms. The summed E-state index contributed by atoms with van der Waals surface area (Å²) < 4.78 is 39.0. The zero-order valence-corrected chi connectivity index (χ0v) is 10.6. The molecule has 2 aromatic rings. The van der Waals surface area contributed by atoms with Crippen molar-refractivity contribution in [3.8, 4) is 0 Å². The average Bonchev–Trinajstić information content (AvgIpc) is 2.72. The van der Waals surface area contributed by atoms with Crippen LogP contribution in [0.15, 0.2) is 18.2 Å². The molecular weight excluding hydrogens is 291 g/mol. The van der Waals surface area contributed by atoms with Crippen LogP contribution < -0.4 is 16.5 Å². The van der Waals surface area contributed by atoms with E-state index in [9.17, 15) is 18.0 Å². The predicted octanol–water partition coefficient (Wildman–Crippen LogP) is 0.939. The molecule has 0 saturated carbocycles. The van der Waals surface area contributed by atoms with Crippen molar-refractivity contribution in [2.75, 3.05) is 17.6 Å². The number of hydrogen-bond acceptors (Lipinski definition) is 5. The Bertz CT molecular complexity index is 668. The fourth-order valence-corrected chi connectivity index (χ4v) is 1.86. The quantitative estimate of drug-likeness (QED) is 0.497. The SMILES string of the molecule is Nc1cccc2nc(CC(F)(F)F)c(NCC(=O)NO)n12. The van der Waals surface area contributed by atoms with Crippen molar-refractivity contribution in [2.45, 2.75) is 12.6 Å². The number of halogens is 3. The minimum Gasteiger partial charge on any atom is -0.385 e. The van der Waals surface area contributed by atoms with Crippen LogP contribution in [0, 0.1) is 0 Å². The number of pyridine rings is 1. The van der Waals surface area contributed by atoms with Gasteiger partial charge in [-0.05, 0) is 12.1 Å². The summed E-state index contributed by atoms with van der Waals surface area (Å²) in [6, 6.07) is 4.54. The normalized spacial score (nSPS) is 11.6. The van der Waals surface area contributed by atoms with Gasteiger partial charge in [-0.1, -0.05) is 6.07 Å². The number of alkyl halides is 3. The molecule has 0 radical (unpaired) electrons. The molecule has 0 bridgehead atoms. The highest BCUT2D eigenvalue weighted by Crippen LogP contribution is 2.28. The molecule has 10 heteroatoms. The molecule has 2 heterocycles. The van der Waals surface area contributed by atoms with Crippen molar-refractivity contribution in [1.29, 1.82) is 0 Å². The largest absolute Gasteiger partial charge is 0.394 e. The molecule has 0 atom stereocenters. The molecule has 0 saturated heterocycles. The van der Waals surface area contributed by atoms with Gasteiger partial charge in [0.25, 0.3) is 5.91 Å². The van der Waals surface area contributed by atoms with Crippen LogP contribution in [0.2, 0.25) is 0 Å². The highest BCUT2D eigenvalue weighted by molar-refractivity contribution is 5.79. The molecule has 0 aliphatic carbocycles. The minimum atomic E-state index is -4.46. The van der Waals surface area contributed by atoms with E-state index in [1.54, 1.807) is 6.07 Å². The Morgan fingerprint density at radius 2 is 2.14 bits per heavy atom. The van der Waals surface area contributed by atoms with Crippen LogP contribution in [0.25, 0.3) is 5.65 Å². The Balaban J connectivity index is 2.46. The standard InChI is InChI=1S/C11H12F3N5O2/c12-11(13,14)4-6-10(16-5-9(20)18-21)19-7(15)2-1-3-8(19)17-6/h1-3,16,21H,4-5,15H2,(H,18,20). The second-order valence-electron chi connectivity index (χ2n) is 4.23. The lowest BCUT2D eigenvalue weighted by Gasteiger charge is -2.10. The van der Waals surface area contributed by atoms with E-state index in [2.05, 4.69) is 10.3 Å². The molecule has 0 aromatic carbocycles. The first-order valence-electron chi connectivity index (χ1n) is 5.81. The lowest BCUT2D eigenvalue weighted by molar-refractivity contribution is -0.127. The van der Waals surface area contributed by atoms with E-state index >= 15 is 0 Å². The topological polar surface area (TPSA) is 105 Å². The summed E-state index contributed by atoms with van der Waals surface area (Å²) in [6.07, 6.45) is -5.72. The summed E-state index contributed by atoms with van der Waals surface area (Å²) in [4.78, 5) is 14.9. The highest BCUT2D eigenvalue weighted by atomic mass is 19.4. The van der Waals surface area contributed by atoms with E-state index in [1.807, 2.05) is 0 Å². The van der Waals surface area contributed by atoms with E-state index in [0.717, 1.165) is 0 Å². The Labute approximate surface area is 116 Å². The molecule has 7 nitrogen and oxygen atoms in total. The first-order chi connectivity index (χ1) is 9.81. The van der Waals surface area contributed by atoms with Gasteiger partial charge in [0, 0.05) is 0 Å². The Morgan fingerprint density at radius 3 is 2.76 bits per heavy atom. The number of fused-ring (bicyclic) bond motifs is 1. The second-order valence-corrected chi connectivity index (χ2v) is 4.23. The van der Waals surface area contributed by atoms with Crippen LogP contribution in [0.5, 0.6) is 0 Å². The number of amides is 1. The van der Waals surface area contributed by atoms with Crippen molar-refractivity contribution in [1.82, 2.24) is 14.9 Å². The number of nitrogen functional groups attached to an aromatic ring is 1. The smallest absolute Gasteiger partial charge is 0.385 e. The van der Waals surface area contributed by atoms with Gasteiger partial charge >= 0.3 is 6.18 Å². The van der Waals surface area contributed by atoms with Gasteiger partial charge in [-0.3, -0.25) is 14.4 Å². The van der Waals surface area contributed by atoms with Gasteiger partial charge < -0.3 is 11.1 Å². The van der Waals surface area contributed by atoms with Gasteiger partial charge in [0.05, 0.1) is 18.7 Å². The van der Waals surface area contributed by atoms with Crippen LogP contribution in [-0.2, 0) is 11.2 Å². The summed E-state index contributed by atoms with van der Waals surface area (Å²) in [5.74, 6) is -0.679. The third kappa shape index (κ3) is 3.34. The molecule has 114 valence electrons. The zero-order valence-electron chi connectivity index (χ0n) is 10.6. The van der Waals surface area contributed by atoms with Crippen LogP contribution in [0.4, 0.5) is 24.8 Å². The van der Waals surface area contributed by atoms with E-state index < -0.39 is 25.0 Å². The van der Waals surface area contributed by atoms with Crippen LogP contribution in [0.1, 0.15) is 5.69 Å². The number of nitrogens with zero attached hydrogens (tertiary/aromatic N) is 2. The van der Waals surface area contributed by atoms with Gasteiger partial charge in [-0.2, -0.15) is 13.2 Å². The van der Waals surface area contributed by atoms with Crippen LogP contribution in [-0.4, -0.2) is 33.2 Å². The van der Waals surface area contributed by atoms with Gasteiger partial charge in [0.15, 0.2) is 0 Å². The molecular formula is C11H12F3N5O2. The number of rotatable bonds is 4. The maximum Gasteiger partial charge on any atom is 0.394 e. The maximum atomic E-state index is 12.6. The van der Waals surface area contributed by atoms with E-state index in [1.165, 1.54) is 22.0 Å². The number of nitrogens with one attached hydrogen (secondary N) is 2. The molecule has 0 unspecified atom stereocenters. The first-order valence-corrected chi connectivity index (χ1v) is 5.81. The van der Waals surface area contributed by atoms with E-state index in [0.29, 0.717) is 0 Å². The number of hydrogen-bond donors (Lipinski definition) is 4. The fourth-order valence-electron chi connectivity index (χ4n) is 1.86. The molecule has 2 aromatic heterocycles. The minimum absolute atomic E-state index is 0.0379. The molecule has 0 aliphatic rings. The number of imidazole rings is 1. The van der Waals surface area contributed by atoms with Gasteiger partial charge in [0.2, 0.25) is 0 Å². The summed E-state index contributed by atoms with van der Waals surface area (Å²) in [5.41, 5.74) is 7.04. The molecule has 0 aliphatic heterocycles. The molecule has 1 amide bonds. The van der Waals surface area contributed by atoms with Gasteiger partial charge in [-0.25, -0.2) is 10.5 Å². The first kappa shape index (κ1) is 14.9. The van der Waals surface area contributed by atoms with Crippen molar-refractivity contribution in [3.05, 3.63) is 23.9 Å². The van der Waals surface area contributed by atoms with E-state index in [-0.39, 0.29) is 23.0 Å². The fraction of sp³-hybridized carbons (Fsp3) is 0.273. The summed E-state index contributed by atoms with van der Waals surface area (Å²) >= 11 is 0. The van der Waals surface area contributed by atoms with Gasteiger partial charge in [0.1, 0.15) is 17.3 Å². The van der Waals surface area contributed by atoms with Gasteiger partial charge in [-0.15, -0.1) is 0 Å². The number of anilines is 2. The predicted molar refractivity (Wildman–Crippen MR) is 67.8 cm³/mol. The third-order valence-corrected chi connectivity index (χ3v) is 2.66. The lowest BCUT2D eigenvalue weighted by Crippen LogP contribution is -2.27. The average molecular weight is 303 g/mol. The Hall–Kier alpha value is -2.49. The number of carbonyl (C=O) groups is 1. The molecule has 5 N–H and O–H groups in total. The Morgan fingerprint density at radius 1 is 1.43 bits per heavy atom. The second kappa shape index (κ2) is 5.48. The number of carbonyl (C=O) groups excluding carboxylic acids is 1. The maximum absolute atomic E-state index is 12.6. The van der Waals surface area contributed by atoms with E-state index in [4.69, 9.17) is 10.9 Å². The summed E-state index contributed by atoms with van der Waals surface area (Å²) in [6.45, 7) is -0.427. The molecule has 2 rings (SSSR count). The monoisotopic (exact) mass is 303 g/mol. The summed E-state index contributed by atoms with van der Waals surface area (Å²) in [5, 5.41) is 10.9. The molecule has 21 heavy (non-hydrogen) atoms. The van der Waals surface area contributed by atoms with Crippen molar-refractivity contribution in [3.63, 3.8) is 0 Å². The molecule has 0 fully saturated rings. The van der Waals surface area contributed by atoms with Crippen molar-refractivity contribution in [2.24, 2.45) is 0 Å². The highest BCUT2D eigenvalue weighted by Gasteiger charge is 2.31. The lowest BCUT2D eigenvalue weighted by atomic mass is 10.3. The number of nitrogens with two attached hydrogens (primary N) is 1. The Kier molecular flexibility index (Phi) is 3.89. The van der Waals surface area contributed by atoms with Crippen LogP contribution in [0.3, 0.4) is 0 Å². The summed E-state index contributed by atoms with van der Waals surface area (Å²) in [7, 11) is 0. The zero-order chi connectivity index (χ0) is 15.6. The number of aromatic nitrogens is 2. The van der Waals surface area contributed by atoms with Crippen molar-refractivity contribution < 1.29 is 23.2 Å².